The van der Waals surface area contributed by atoms with Crippen LogP contribution in [0.25, 0.3) is 0 Å². The number of carbonyl (C=O) groups is 1. The molecule has 1 aromatic carbocycles. The maximum atomic E-state index is 12.5. The van der Waals surface area contributed by atoms with Gasteiger partial charge < -0.3 is 10.6 Å². The van der Waals surface area contributed by atoms with Gasteiger partial charge in [-0.15, -0.1) is 11.3 Å². The van der Waals surface area contributed by atoms with Crippen molar-refractivity contribution in [2.24, 2.45) is 5.73 Å². The Morgan fingerprint density at radius 3 is 2.76 bits per heavy atom. The summed E-state index contributed by atoms with van der Waals surface area (Å²) in [6.07, 6.45) is 0. The van der Waals surface area contributed by atoms with Gasteiger partial charge in [0.2, 0.25) is 0 Å². The highest BCUT2D eigenvalue weighted by atomic mass is 32.1. The molecule has 0 saturated heterocycles. The normalized spacial score (nSPS) is 9.81. The fourth-order valence-electron chi connectivity index (χ4n) is 1.97. The Balaban J connectivity index is 2.11. The SMILES string of the molecule is CCN(Cc1ccccc1)C(=O)c1csc(C#CCN)c1. The van der Waals surface area contributed by atoms with Gasteiger partial charge in [-0.05, 0) is 18.6 Å². The molecule has 1 aromatic heterocycles. The standard InChI is InChI=1S/C17H18N2OS/c1-2-19(12-14-7-4-3-5-8-14)17(20)15-11-16(21-13-15)9-6-10-18/h3-5,7-8,11,13H,2,10,12,18H2,1H3. The molecule has 0 bridgehead atoms. The summed E-state index contributed by atoms with van der Waals surface area (Å²) in [5.74, 6) is 5.80. The Morgan fingerprint density at radius 1 is 1.33 bits per heavy atom. The fourth-order valence-corrected chi connectivity index (χ4v) is 2.71. The lowest BCUT2D eigenvalue weighted by atomic mass is 10.2. The second-order valence-corrected chi connectivity index (χ2v) is 5.42. The smallest absolute Gasteiger partial charge is 0.255 e. The molecule has 0 aliphatic carbocycles. The Hall–Kier alpha value is -2.09. The first-order chi connectivity index (χ1) is 10.2. The maximum absolute atomic E-state index is 12.5. The van der Waals surface area contributed by atoms with E-state index in [4.69, 9.17) is 5.73 Å². The second-order valence-electron chi connectivity index (χ2n) is 4.51. The van der Waals surface area contributed by atoms with E-state index in [0.29, 0.717) is 25.2 Å². The number of hydrogen-bond donors (Lipinski definition) is 1. The van der Waals surface area contributed by atoms with E-state index in [0.717, 1.165) is 10.4 Å². The van der Waals surface area contributed by atoms with Crippen molar-refractivity contribution in [2.45, 2.75) is 13.5 Å². The molecule has 2 N–H and O–H groups in total. The van der Waals surface area contributed by atoms with Crippen LogP contribution in [-0.2, 0) is 6.54 Å². The van der Waals surface area contributed by atoms with Crippen molar-refractivity contribution in [3.63, 3.8) is 0 Å². The third kappa shape index (κ3) is 4.19. The van der Waals surface area contributed by atoms with E-state index in [9.17, 15) is 4.79 Å². The van der Waals surface area contributed by atoms with Crippen LogP contribution < -0.4 is 5.73 Å². The van der Waals surface area contributed by atoms with Gasteiger partial charge in [-0.25, -0.2) is 0 Å². The minimum absolute atomic E-state index is 0.0402. The maximum Gasteiger partial charge on any atom is 0.255 e. The van der Waals surface area contributed by atoms with Crippen molar-refractivity contribution in [1.82, 2.24) is 4.90 Å². The summed E-state index contributed by atoms with van der Waals surface area (Å²) in [4.78, 5) is 15.2. The van der Waals surface area contributed by atoms with Crippen molar-refractivity contribution in [3.05, 3.63) is 57.8 Å². The van der Waals surface area contributed by atoms with Gasteiger partial charge >= 0.3 is 0 Å². The quantitative estimate of drug-likeness (QED) is 0.882. The van der Waals surface area contributed by atoms with Crippen LogP contribution in [0.15, 0.2) is 41.8 Å². The Bertz CT molecular complexity index is 652. The molecule has 0 radical (unpaired) electrons. The van der Waals surface area contributed by atoms with Gasteiger partial charge in [0.25, 0.3) is 5.91 Å². The van der Waals surface area contributed by atoms with Gasteiger partial charge in [-0.3, -0.25) is 4.79 Å². The molecule has 1 heterocycles. The molecular weight excluding hydrogens is 280 g/mol. The van der Waals surface area contributed by atoms with Crippen LogP contribution in [0, 0.1) is 11.8 Å². The summed E-state index contributed by atoms with van der Waals surface area (Å²) in [7, 11) is 0. The van der Waals surface area contributed by atoms with Gasteiger partial charge in [-0.2, -0.15) is 0 Å². The van der Waals surface area contributed by atoms with E-state index in [-0.39, 0.29) is 5.91 Å². The number of amides is 1. The summed E-state index contributed by atoms with van der Waals surface area (Å²) < 4.78 is 0. The minimum Gasteiger partial charge on any atom is -0.335 e. The molecule has 3 nitrogen and oxygen atoms in total. The molecule has 108 valence electrons. The molecule has 0 spiro atoms. The number of benzene rings is 1. The Kier molecular flexibility index (Phi) is 5.56. The zero-order chi connectivity index (χ0) is 15.1. The number of nitrogens with zero attached hydrogens (tertiary/aromatic N) is 1. The van der Waals surface area contributed by atoms with Gasteiger partial charge in [0.05, 0.1) is 17.0 Å². The van der Waals surface area contributed by atoms with Crippen LogP contribution >= 0.6 is 11.3 Å². The lowest BCUT2D eigenvalue weighted by Gasteiger charge is -2.20. The van der Waals surface area contributed by atoms with Crippen molar-refractivity contribution >= 4 is 17.2 Å². The summed E-state index contributed by atoms with van der Waals surface area (Å²) in [5, 5.41) is 1.86. The van der Waals surface area contributed by atoms with Crippen LogP contribution in [0.4, 0.5) is 0 Å². The lowest BCUT2D eigenvalue weighted by molar-refractivity contribution is 0.0753. The number of nitrogens with two attached hydrogens (primary N) is 1. The summed E-state index contributed by atoms with van der Waals surface area (Å²) in [5.41, 5.74) is 7.18. The van der Waals surface area contributed by atoms with Gasteiger partial charge in [0, 0.05) is 18.5 Å². The largest absolute Gasteiger partial charge is 0.335 e. The van der Waals surface area contributed by atoms with Crippen molar-refractivity contribution in [3.8, 4) is 11.8 Å². The number of thiophene rings is 1. The van der Waals surface area contributed by atoms with E-state index in [1.807, 2.05) is 53.6 Å². The molecule has 0 saturated carbocycles. The van der Waals surface area contributed by atoms with E-state index < -0.39 is 0 Å². The number of rotatable bonds is 4. The van der Waals surface area contributed by atoms with Crippen LogP contribution in [-0.4, -0.2) is 23.9 Å². The highest BCUT2D eigenvalue weighted by Crippen LogP contribution is 2.17. The van der Waals surface area contributed by atoms with Crippen LogP contribution in [0.2, 0.25) is 0 Å². The first-order valence-electron chi connectivity index (χ1n) is 6.85. The topological polar surface area (TPSA) is 46.3 Å². The number of hydrogen-bond acceptors (Lipinski definition) is 3. The summed E-state index contributed by atoms with van der Waals surface area (Å²) in [6, 6.07) is 11.8. The monoisotopic (exact) mass is 298 g/mol. The molecule has 0 aliphatic heterocycles. The lowest BCUT2D eigenvalue weighted by Crippen LogP contribution is -2.29. The predicted octanol–water partition coefficient (Wildman–Crippen LogP) is 2.72. The number of carbonyl (C=O) groups excluding carboxylic acids is 1. The zero-order valence-electron chi connectivity index (χ0n) is 12.0. The summed E-state index contributed by atoms with van der Waals surface area (Å²) >= 11 is 1.48. The minimum atomic E-state index is 0.0402. The van der Waals surface area contributed by atoms with Gasteiger partial charge in [-0.1, -0.05) is 42.2 Å². The van der Waals surface area contributed by atoms with Crippen molar-refractivity contribution < 1.29 is 4.79 Å². The Labute approximate surface area is 129 Å². The average Bonchev–Trinajstić information content (AvgIpc) is 3.00. The van der Waals surface area contributed by atoms with Crippen molar-refractivity contribution in [1.29, 1.82) is 0 Å². The predicted molar refractivity (Wildman–Crippen MR) is 87.1 cm³/mol. The first kappa shape index (κ1) is 15.3. The molecule has 0 atom stereocenters. The fraction of sp³-hybridized carbons (Fsp3) is 0.235. The molecule has 0 fully saturated rings. The summed E-state index contributed by atoms with van der Waals surface area (Å²) in [6.45, 7) is 3.61. The molecule has 4 heteroatoms. The molecule has 21 heavy (non-hydrogen) atoms. The average molecular weight is 298 g/mol. The van der Waals surface area contributed by atoms with Crippen molar-refractivity contribution in [2.75, 3.05) is 13.1 Å². The second kappa shape index (κ2) is 7.63. The van der Waals surface area contributed by atoms with E-state index in [2.05, 4.69) is 11.8 Å². The van der Waals surface area contributed by atoms with Crippen LogP contribution in [0.5, 0.6) is 0 Å². The third-order valence-electron chi connectivity index (χ3n) is 3.05. The van der Waals surface area contributed by atoms with Crippen LogP contribution in [0.1, 0.15) is 27.7 Å². The van der Waals surface area contributed by atoms with Gasteiger partial charge in [0.1, 0.15) is 0 Å². The molecule has 2 rings (SSSR count). The highest BCUT2D eigenvalue weighted by Gasteiger charge is 2.15. The van der Waals surface area contributed by atoms with Gasteiger partial charge in [0.15, 0.2) is 0 Å². The zero-order valence-corrected chi connectivity index (χ0v) is 12.8. The molecule has 0 aliphatic rings. The molecule has 2 aromatic rings. The molecule has 0 unspecified atom stereocenters. The van der Waals surface area contributed by atoms with E-state index >= 15 is 0 Å². The highest BCUT2D eigenvalue weighted by molar-refractivity contribution is 7.10. The molecule has 1 amide bonds. The first-order valence-corrected chi connectivity index (χ1v) is 7.73. The van der Waals surface area contributed by atoms with E-state index in [1.54, 1.807) is 0 Å². The Morgan fingerprint density at radius 2 is 2.10 bits per heavy atom. The van der Waals surface area contributed by atoms with Crippen LogP contribution in [0.3, 0.4) is 0 Å². The van der Waals surface area contributed by atoms with E-state index in [1.165, 1.54) is 11.3 Å². The third-order valence-corrected chi connectivity index (χ3v) is 3.89. The molecular formula is C17H18N2OS.